The fraction of sp³-hybridized carbons (Fsp3) is 0.467. The van der Waals surface area contributed by atoms with Crippen LogP contribution in [-0.2, 0) is 0 Å². The minimum absolute atomic E-state index is 0.152. The van der Waals surface area contributed by atoms with E-state index in [0.717, 1.165) is 19.3 Å². The predicted octanol–water partition coefficient (Wildman–Crippen LogP) is 1.70. The summed E-state index contributed by atoms with van der Waals surface area (Å²) in [4.78, 5) is 12.0. The Morgan fingerprint density at radius 3 is 2.95 bits per heavy atom. The van der Waals surface area contributed by atoms with Crippen molar-refractivity contribution in [2.75, 3.05) is 13.2 Å². The summed E-state index contributed by atoms with van der Waals surface area (Å²) in [7, 11) is 0. The molecule has 4 heteroatoms. The monoisotopic (exact) mass is 258 g/mol. The zero-order chi connectivity index (χ0) is 13.7. The van der Waals surface area contributed by atoms with E-state index in [1.807, 2.05) is 6.07 Å². The first-order valence-electron chi connectivity index (χ1n) is 6.64. The van der Waals surface area contributed by atoms with Gasteiger partial charge >= 0.3 is 0 Å². The molecular weight excluding hydrogens is 240 g/mol. The Morgan fingerprint density at radius 2 is 2.21 bits per heavy atom. The Bertz CT molecular complexity index is 493. The SMILES string of the molecule is N#Cc1cccc(C(=O)NCC2CCCC2CO)c1. The molecule has 0 bridgehead atoms. The van der Waals surface area contributed by atoms with Gasteiger partial charge in [-0.3, -0.25) is 4.79 Å². The molecule has 1 fully saturated rings. The van der Waals surface area contributed by atoms with Gasteiger partial charge in [0.2, 0.25) is 0 Å². The second-order valence-corrected chi connectivity index (χ2v) is 5.04. The number of nitriles is 1. The zero-order valence-corrected chi connectivity index (χ0v) is 10.8. The number of hydrogen-bond acceptors (Lipinski definition) is 3. The lowest BCUT2D eigenvalue weighted by Gasteiger charge is -2.17. The van der Waals surface area contributed by atoms with Gasteiger partial charge in [-0.2, -0.15) is 5.26 Å². The van der Waals surface area contributed by atoms with Crippen LogP contribution in [0.3, 0.4) is 0 Å². The minimum atomic E-state index is -0.152. The van der Waals surface area contributed by atoms with Crippen molar-refractivity contribution in [2.24, 2.45) is 11.8 Å². The van der Waals surface area contributed by atoms with Gasteiger partial charge in [-0.1, -0.05) is 12.5 Å². The molecule has 1 aromatic rings. The number of carbonyl (C=O) groups is 1. The molecule has 0 heterocycles. The number of aliphatic hydroxyl groups is 1. The molecule has 0 aromatic heterocycles. The third kappa shape index (κ3) is 3.33. The minimum Gasteiger partial charge on any atom is -0.396 e. The van der Waals surface area contributed by atoms with Crippen LogP contribution in [0.2, 0.25) is 0 Å². The van der Waals surface area contributed by atoms with Crippen molar-refractivity contribution in [3.05, 3.63) is 35.4 Å². The van der Waals surface area contributed by atoms with Gasteiger partial charge in [-0.25, -0.2) is 0 Å². The van der Waals surface area contributed by atoms with Crippen molar-refractivity contribution in [1.82, 2.24) is 5.32 Å². The quantitative estimate of drug-likeness (QED) is 0.863. The maximum atomic E-state index is 12.0. The molecule has 1 amide bonds. The lowest BCUT2D eigenvalue weighted by Crippen LogP contribution is -2.31. The Morgan fingerprint density at radius 1 is 1.42 bits per heavy atom. The van der Waals surface area contributed by atoms with E-state index in [0.29, 0.717) is 29.5 Å². The summed E-state index contributed by atoms with van der Waals surface area (Å²) in [6.07, 6.45) is 3.22. The van der Waals surface area contributed by atoms with Crippen molar-refractivity contribution >= 4 is 5.91 Å². The lowest BCUT2D eigenvalue weighted by molar-refractivity contribution is 0.0937. The van der Waals surface area contributed by atoms with Crippen molar-refractivity contribution in [3.8, 4) is 6.07 Å². The summed E-state index contributed by atoms with van der Waals surface area (Å²) in [5.41, 5.74) is 0.999. The van der Waals surface area contributed by atoms with Crippen molar-refractivity contribution in [3.63, 3.8) is 0 Å². The Balaban J connectivity index is 1.92. The number of carbonyl (C=O) groups excluding carboxylic acids is 1. The summed E-state index contributed by atoms with van der Waals surface area (Å²) in [6.45, 7) is 0.797. The summed E-state index contributed by atoms with van der Waals surface area (Å²) in [6, 6.07) is 8.70. The van der Waals surface area contributed by atoms with E-state index in [2.05, 4.69) is 5.32 Å². The topological polar surface area (TPSA) is 73.1 Å². The molecule has 1 saturated carbocycles. The van der Waals surface area contributed by atoms with Gasteiger partial charge in [0.05, 0.1) is 11.6 Å². The van der Waals surface area contributed by atoms with Crippen LogP contribution in [0.25, 0.3) is 0 Å². The Kier molecular flexibility index (Phi) is 4.53. The van der Waals surface area contributed by atoms with Crippen LogP contribution in [-0.4, -0.2) is 24.2 Å². The number of hydrogen-bond donors (Lipinski definition) is 2. The van der Waals surface area contributed by atoms with Gasteiger partial charge in [0.25, 0.3) is 5.91 Å². The predicted molar refractivity (Wildman–Crippen MR) is 71.4 cm³/mol. The van der Waals surface area contributed by atoms with Gasteiger partial charge in [-0.15, -0.1) is 0 Å². The Hall–Kier alpha value is -1.86. The van der Waals surface area contributed by atoms with E-state index in [1.165, 1.54) is 0 Å². The van der Waals surface area contributed by atoms with E-state index in [-0.39, 0.29) is 12.5 Å². The average molecular weight is 258 g/mol. The molecule has 0 saturated heterocycles. The number of nitrogens with zero attached hydrogens (tertiary/aromatic N) is 1. The number of nitrogens with one attached hydrogen (secondary N) is 1. The molecule has 0 radical (unpaired) electrons. The summed E-state index contributed by atoms with van der Waals surface area (Å²) in [5.74, 6) is 0.527. The Labute approximate surface area is 113 Å². The first kappa shape index (κ1) is 13.6. The number of aliphatic hydroxyl groups excluding tert-OH is 1. The number of amides is 1. The second-order valence-electron chi connectivity index (χ2n) is 5.04. The molecule has 1 aliphatic rings. The standard InChI is InChI=1S/C15H18N2O2/c16-8-11-3-1-4-12(7-11)15(19)17-9-13-5-2-6-14(13)10-18/h1,3-4,7,13-14,18H,2,5-6,9-10H2,(H,17,19). The average Bonchev–Trinajstić information content (AvgIpc) is 2.92. The van der Waals surface area contributed by atoms with Crippen LogP contribution in [0.5, 0.6) is 0 Å². The number of benzene rings is 1. The van der Waals surface area contributed by atoms with Gasteiger partial charge < -0.3 is 10.4 Å². The molecule has 0 spiro atoms. The van der Waals surface area contributed by atoms with Crippen molar-refractivity contribution in [1.29, 1.82) is 5.26 Å². The molecular formula is C15H18N2O2. The van der Waals surface area contributed by atoms with Gasteiger partial charge in [0, 0.05) is 18.7 Å². The third-order valence-corrected chi connectivity index (χ3v) is 3.83. The molecule has 2 atom stereocenters. The van der Waals surface area contributed by atoms with Crippen LogP contribution < -0.4 is 5.32 Å². The highest BCUT2D eigenvalue weighted by Gasteiger charge is 2.26. The van der Waals surface area contributed by atoms with Crippen molar-refractivity contribution in [2.45, 2.75) is 19.3 Å². The molecule has 4 nitrogen and oxygen atoms in total. The fourth-order valence-electron chi connectivity index (χ4n) is 2.68. The van der Waals surface area contributed by atoms with Crippen LogP contribution in [0.15, 0.2) is 24.3 Å². The highest BCUT2D eigenvalue weighted by molar-refractivity contribution is 5.94. The first-order valence-corrected chi connectivity index (χ1v) is 6.64. The lowest BCUT2D eigenvalue weighted by atomic mass is 9.97. The van der Waals surface area contributed by atoms with E-state index in [9.17, 15) is 9.90 Å². The summed E-state index contributed by atoms with van der Waals surface area (Å²) in [5, 5.41) is 20.9. The fourth-order valence-corrected chi connectivity index (χ4v) is 2.68. The second kappa shape index (κ2) is 6.35. The normalized spacial score (nSPS) is 21.9. The van der Waals surface area contributed by atoms with E-state index in [1.54, 1.807) is 24.3 Å². The van der Waals surface area contributed by atoms with Crippen LogP contribution in [0, 0.1) is 23.2 Å². The third-order valence-electron chi connectivity index (χ3n) is 3.83. The summed E-state index contributed by atoms with van der Waals surface area (Å²) >= 11 is 0. The van der Waals surface area contributed by atoms with E-state index in [4.69, 9.17) is 5.26 Å². The molecule has 0 aliphatic heterocycles. The largest absolute Gasteiger partial charge is 0.396 e. The highest BCUT2D eigenvalue weighted by Crippen LogP contribution is 2.30. The molecule has 1 aromatic carbocycles. The maximum Gasteiger partial charge on any atom is 0.251 e. The molecule has 2 rings (SSSR count). The highest BCUT2D eigenvalue weighted by atomic mass is 16.3. The van der Waals surface area contributed by atoms with E-state index >= 15 is 0 Å². The van der Waals surface area contributed by atoms with Crippen LogP contribution in [0.1, 0.15) is 35.2 Å². The first-order chi connectivity index (χ1) is 9.24. The number of rotatable bonds is 4. The van der Waals surface area contributed by atoms with E-state index < -0.39 is 0 Å². The van der Waals surface area contributed by atoms with Crippen molar-refractivity contribution < 1.29 is 9.90 Å². The van der Waals surface area contributed by atoms with Gasteiger partial charge in [0.1, 0.15) is 0 Å². The summed E-state index contributed by atoms with van der Waals surface area (Å²) < 4.78 is 0. The van der Waals surface area contributed by atoms with Gasteiger partial charge in [-0.05, 0) is 42.9 Å². The van der Waals surface area contributed by atoms with Gasteiger partial charge in [0.15, 0.2) is 0 Å². The van der Waals surface area contributed by atoms with Crippen LogP contribution >= 0.6 is 0 Å². The van der Waals surface area contributed by atoms with Crippen LogP contribution in [0.4, 0.5) is 0 Å². The molecule has 1 aliphatic carbocycles. The molecule has 100 valence electrons. The molecule has 2 N–H and O–H groups in total. The zero-order valence-electron chi connectivity index (χ0n) is 10.8. The smallest absolute Gasteiger partial charge is 0.251 e. The molecule has 2 unspecified atom stereocenters. The maximum absolute atomic E-state index is 12.0. The molecule has 19 heavy (non-hydrogen) atoms.